The van der Waals surface area contributed by atoms with Crippen LogP contribution in [0.15, 0.2) is 45.0 Å². The lowest BCUT2D eigenvalue weighted by molar-refractivity contribution is 0.590. The van der Waals surface area contributed by atoms with Crippen molar-refractivity contribution in [1.82, 2.24) is 9.97 Å². The molecule has 0 aliphatic heterocycles. The first kappa shape index (κ1) is 15.3. The molecular weight excluding hydrogens is 336 g/mol. The average Bonchev–Trinajstić information content (AvgIpc) is 2.41. The summed E-state index contributed by atoms with van der Waals surface area (Å²) in [6, 6.07) is 8.52. The molecule has 1 aromatic carbocycles. The van der Waals surface area contributed by atoms with Crippen LogP contribution in [0, 0.1) is 0 Å². The van der Waals surface area contributed by atoms with Crippen LogP contribution in [0.4, 0.5) is 5.82 Å². The second-order valence-corrected chi connectivity index (χ2v) is 7.22. The highest BCUT2D eigenvalue weighted by atomic mass is 79.9. The van der Waals surface area contributed by atoms with Gasteiger partial charge in [-0.15, -0.1) is 0 Å². The van der Waals surface area contributed by atoms with Gasteiger partial charge in [0.05, 0.1) is 4.47 Å². The minimum atomic E-state index is 0.162. The van der Waals surface area contributed by atoms with Crippen LogP contribution in [0.1, 0.15) is 26.3 Å². The van der Waals surface area contributed by atoms with Crippen molar-refractivity contribution >= 4 is 33.5 Å². The maximum Gasteiger partial charge on any atom is 0.158 e. The van der Waals surface area contributed by atoms with Crippen LogP contribution in [-0.2, 0) is 5.41 Å². The minimum Gasteiger partial charge on any atom is -0.307 e. The fourth-order valence-electron chi connectivity index (χ4n) is 1.66. The number of aromatic nitrogens is 2. The van der Waals surface area contributed by atoms with Gasteiger partial charge in [-0.25, -0.2) is 15.8 Å². The highest BCUT2D eigenvalue weighted by Gasteiger charge is 2.14. The number of hydrogen-bond acceptors (Lipinski definition) is 5. The van der Waals surface area contributed by atoms with Crippen molar-refractivity contribution in [2.75, 3.05) is 5.43 Å². The van der Waals surface area contributed by atoms with Crippen molar-refractivity contribution < 1.29 is 0 Å². The van der Waals surface area contributed by atoms with E-state index >= 15 is 0 Å². The summed E-state index contributed by atoms with van der Waals surface area (Å²) in [5, 5.41) is 0.830. The number of nitrogens with two attached hydrogens (primary N) is 1. The Hall–Kier alpha value is -1.11. The molecule has 3 N–H and O–H groups in total. The summed E-state index contributed by atoms with van der Waals surface area (Å²) in [5.74, 6) is 5.98. The van der Waals surface area contributed by atoms with Gasteiger partial charge in [-0.05, 0) is 39.0 Å². The summed E-state index contributed by atoms with van der Waals surface area (Å²) in [6.07, 6.45) is 1.49. The van der Waals surface area contributed by atoms with Gasteiger partial charge in [-0.1, -0.05) is 44.7 Å². The molecule has 0 atom stereocenters. The zero-order chi connectivity index (χ0) is 14.8. The maximum atomic E-state index is 5.40. The lowest BCUT2D eigenvalue weighted by Gasteiger charge is -2.19. The number of anilines is 1. The molecule has 1 heterocycles. The Morgan fingerprint density at radius 2 is 1.80 bits per heavy atom. The van der Waals surface area contributed by atoms with Crippen molar-refractivity contribution in [2.45, 2.75) is 36.1 Å². The van der Waals surface area contributed by atoms with Crippen LogP contribution in [0.3, 0.4) is 0 Å². The van der Waals surface area contributed by atoms with Crippen LogP contribution in [0.5, 0.6) is 0 Å². The Morgan fingerprint density at radius 3 is 2.35 bits per heavy atom. The summed E-state index contributed by atoms with van der Waals surface area (Å²) in [7, 11) is 0. The molecular formula is C14H17BrN4S. The Balaban J connectivity index is 2.23. The molecule has 0 amide bonds. The standard InChI is InChI=1S/C14H17BrN4S/c1-14(2,3)9-4-6-10(7-5-9)20-13-11(15)12(19-16)17-8-18-13/h4-8H,16H2,1-3H3,(H,17,18,19). The monoisotopic (exact) mass is 352 g/mol. The van der Waals surface area contributed by atoms with Gasteiger partial charge in [0.1, 0.15) is 11.4 Å². The van der Waals surface area contributed by atoms with Gasteiger partial charge in [0.2, 0.25) is 0 Å². The Labute approximate surface area is 131 Å². The summed E-state index contributed by atoms with van der Waals surface area (Å²) >= 11 is 5.03. The van der Waals surface area contributed by atoms with E-state index in [2.05, 4.69) is 76.4 Å². The molecule has 0 saturated heterocycles. The summed E-state index contributed by atoms with van der Waals surface area (Å²) in [4.78, 5) is 9.43. The Bertz CT molecular complexity index is 593. The number of hydrogen-bond donors (Lipinski definition) is 2. The van der Waals surface area contributed by atoms with Crippen molar-refractivity contribution in [2.24, 2.45) is 5.84 Å². The number of halogens is 1. The minimum absolute atomic E-state index is 0.162. The van der Waals surface area contributed by atoms with Gasteiger partial charge in [0, 0.05) is 4.90 Å². The first-order valence-electron chi connectivity index (χ1n) is 6.17. The molecule has 2 rings (SSSR count). The molecule has 0 bridgehead atoms. The lowest BCUT2D eigenvalue weighted by atomic mass is 9.87. The van der Waals surface area contributed by atoms with E-state index in [1.54, 1.807) is 11.8 Å². The van der Waals surface area contributed by atoms with Crippen molar-refractivity contribution in [3.8, 4) is 0 Å². The number of benzene rings is 1. The lowest BCUT2D eigenvalue weighted by Crippen LogP contribution is -2.10. The number of hydrazine groups is 1. The van der Waals surface area contributed by atoms with Crippen molar-refractivity contribution in [1.29, 1.82) is 0 Å². The largest absolute Gasteiger partial charge is 0.307 e. The van der Waals surface area contributed by atoms with Crippen LogP contribution in [0.2, 0.25) is 0 Å². The zero-order valence-corrected chi connectivity index (χ0v) is 14.0. The van der Waals surface area contributed by atoms with Crippen LogP contribution >= 0.6 is 27.7 Å². The molecule has 0 fully saturated rings. The highest BCUT2D eigenvalue weighted by Crippen LogP contribution is 2.35. The number of rotatable bonds is 3. The smallest absolute Gasteiger partial charge is 0.158 e. The van der Waals surface area contributed by atoms with Gasteiger partial charge >= 0.3 is 0 Å². The second kappa shape index (κ2) is 6.11. The SMILES string of the molecule is CC(C)(C)c1ccc(Sc2ncnc(NN)c2Br)cc1. The first-order valence-corrected chi connectivity index (χ1v) is 7.78. The van der Waals surface area contributed by atoms with E-state index in [1.807, 2.05) is 0 Å². The van der Waals surface area contributed by atoms with Crippen molar-refractivity contribution in [3.05, 3.63) is 40.6 Å². The molecule has 1 aromatic heterocycles. The van der Waals surface area contributed by atoms with E-state index in [0.29, 0.717) is 5.82 Å². The quantitative estimate of drug-likeness (QED) is 0.497. The van der Waals surface area contributed by atoms with E-state index in [1.165, 1.54) is 11.9 Å². The number of nitrogen functional groups attached to an aromatic ring is 1. The summed E-state index contributed by atoms with van der Waals surface area (Å²) in [5.41, 5.74) is 4.01. The molecule has 2 aromatic rings. The van der Waals surface area contributed by atoms with Gasteiger partial charge < -0.3 is 5.43 Å². The number of nitrogens with zero attached hydrogens (tertiary/aromatic N) is 2. The first-order chi connectivity index (χ1) is 9.41. The second-order valence-electron chi connectivity index (χ2n) is 5.36. The molecule has 0 spiro atoms. The van der Waals surface area contributed by atoms with Gasteiger partial charge in [0.25, 0.3) is 0 Å². The van der Waals surface area contributed by atoms with Crippen molar-refractivity contribution in [3.63, 3.8) is 0 Å². The average molecular weight is 353 g/mol. The molecule has 20 heavy (non-hydrogen) atoms. The maximum absolute atomic E-state index is 5.40. The highest BCUT2D eigenvalue weighted by molar-refractivity contribution is 9.10. The molecule has 6 heteroatoms. The van der Waals surface area contributed by atoms with Gasteiger partial charge in [0.15, 0.2) is 5.82 Å². The van der Waals surface area contributed by atoms with Gasteiger partial charge in [-0.2, -0.15) is 0 Å². The molecule has 0 saturated carbocycles. The third-order valence-electron chi connectivity index (χ3n) is 2.83. The topological polar surface area (TPSA) is 63.8 Å². The normalized spacial score (nSPS) is 11.4. The van der Waals surface area contributed by atoms with Crippen LogP contribution in [0.25, 0.3) is 0 Å². The third-order valence-corrected chi connectivity index (χ3v) is 4.85. The Morgan fingerprint density at radius 1 is 1.15 bits per heavy atom. The van der Waals surface area contributed by atoms with E-state index in [-0.39, 0.29) is 5.41 Å². The molecule has 0 radical (unpaired) electrons. The molecule has 106 valence electrons. The fraction of sp³-hybridized carbons (Fsp3) is 0.286. The van der Waals surface area contributed by atoms with Crippen LogP contribution < -0.4 is 11.3 Å². The molecule has 4 nitrogen and oxygen atoms in total. The summed E-state index contributed by atoms with van der Waals surface area (Å²) < 4.78 is 0.771. The fourth-order valence-corrected chi connectivity index (χ4v) is 3.00. The Kier molecular flexibility index (Phi) is 4.67. The van der Waals surface area contributed by atoms with Gasteiger partial charge in [-0.3, -0.25) is 0 Å². The predicted octanol–water partition coefficient (Wildman–Crippen LogP) is 3.97. The van der Waals surface area contributed by atoms with E-state index in [0.717, 1.165) is 14.4 Å². The van der Waals surface area contributed by atoms with E-state index in [9.17, 15) is 0 Å². The predicted molar refractivity (Wildman–Crippen MR) is 86.8 cm³/mol. The molecule has 0 aliphatic rings. The third kappa shape index (κ3) is 3.50. The zero-order valence-electron chi connectivity index (χ0n) is 11.6. The molecule has 0 aliphatic carbocycles. The van der Waals surface area contributed by atoms with E-state index < -0.39 is 0 Å². The molecule has 0 unspecified atom stereocenters. The summed E-state index contributed by atoms with van der Waals surface area (Å²) in [6.45, 7) is 6.61. The van der Waals surface area contributed by atoms with Crippen LogP contribution in [-0.4, -0.2) is 9.97 Å². The number of nitrogens with one attached hydrogen (secondary N) is 1. The van der Waals surface area contributed by atoms with E-state index in [4.69, 9.17) is 5.84 Å².